The van der Waals surface area contributed by atoms with E-state index < -0.39 is 24.1 Å². The average Bonchev–Trinajstić information content (AvgIpc) is 3.30. The number of amides is 2. The van der Waals surface area contributed by atoms with Gasteiger partial charge in [-0.2, -0.15) is 11.8 Å². The number of aliphatic hydroxyl groups excluding tert-OH is 1. The van der Waals surface area contributed by atoms with Crippen molar-refractivity contribution in [2.24, 2.45) is 11.1 Å². The number of fused-ring (bicyclic) bond motifs is 1. The Balaban J connectivity index is 1.54. The van der Waals surface area contributed by atoms with E-state index in [0.717, 1.165) is 25.0 Å². The zero-order valence-corrected chi connectivity index (χ0v) is 19.2. The largest absolute Gasteiger partial charge is 0.508 e. The molecule has 1 unspecified atom stereocenters. The quantitative estimate of drug-likeness (QED) is 0.136. The van der Waals surface area contributed by atoms with E-state index in [1.807, 2.05) is 11.8 Å². The van der Waals surface area contributed by atoms with Crippen LogP contribution in [0.15, 0.2) is 12.4 Å². The number of rotatable bonds is 14. The van der Waals surface area contributed by atoms with Gasteiger partial charge in [-0.25, -0.2) is 9.59 Å². The highest BCUT2D eigenvalue weighted by molar-refractivity contribution is 8.00. The van der Waals surface area contributed by atoms with Crippen LogP contribution in [0.3, 0.4) is 0 Å². The summed E-state index contributed by atoms with van der Waals surface area (Å²) in [5.74, 6) is 0.490. The van der Waals surface area contributed by atoms with E-state index in [1.165, 1.54) is 6.92 Å². The Bertz CT molecular complexity index is 680. The summed E-state index contributed by atoms with van der Waals surface area (Å²) in [6.07, 6.45) is 2.63. The molecule has 0 aliphatic carbocycles. The molecule has 6 N–H and O–H groups in total. The highest BCUT2D eigenvalue weighted by Gasteiger charge is 2.42. The van der Waals surface area contributed by atoms with E-state index >= 15 is 0 Å². The van der Waals surface area contributed by atoms with Crippen molar-refractivity contribution in [1.82, 2.24) is 16.0 Å². The zero-order chi connectivity index (χ0) is 23.6. The minimum atomic E-state index is -1.39. The molecule has 0 aromatic heterocycles. The molecular formula is C20H34N4O7S. The third kappa shape index (κ3) is 7.97. The Labute approximate surface area is 192 Å². The maximum Gasteiger partial charge on any atom is 0.508 e. The molecule has 0 spiro atoms. The molecule has 2 saturated heterocycles. The molecule has 0 saturated carbocycles. The molecular weight excluding hydrogens is 440 g/mol. The van der Waals surface area contributed by atoms with Crippen LogP contribution in [0.5, 0.6) is 0 Å². The molecule has 11 nitrogen and oxygen atoms in total. The maximum atomic E-state index is 12.2. The van der Waals surface area contributed by atoms with Gasteiger partial charge < -0.3 is 41.0 Å². The molecule has 12 heteroatoms. The highest BCUT2D eigenvalue weighted by atomic mass is 32.2. The summed E-state index contributed by atoms with van der Waals surface area (Å²) in [5.41, 5.74) is 3.96. The van der Waals surface area contributed by atoms with Crippen molar-refractivity contribution in [2.45, 2.75) is 49.9 Å². The van der Waals surface area contributed by atoms with Crippen LogP contribution in [0.4, 0.5) is 9.59 Å². The van der Waals surface area contributed by atoms with E-state index in [4.69, 9.17) is 19.9 Å². The number of hydrogen-bond acceptors (Lipinski definition) is 10. The van der Waals surface area contributed by atoms with Crippen molar-refractivity contribution >= 4 is 29.9 Å². The molecule has 0 aromatic rings. The number of esters is 1. The zero-order valence-electron chi connectivity index (χ0n) is 18.4. The number of urea groups is 1. The van der Waals surface area contributed by atoms with Gasteiger partial charge in [0.2, 0.25) is 0 Å². The molecule has 2 aliphatic heterocycles. The van der Waals surface area contributed by atoms with Crippen LogP contribution in [-0.2, 0) is 19.0 Å². The molecule has 2 rings (SSSR count). The minimum absolute atomic E-state index is 0.0265. The SMILES string of the molecule is C=C(N)NCCOC(=O)C(C)(CO)COC(=O)OCCCCC[C@@H]1SC[C@@H]2NC(=O)N[C@@H]21. The molecule has 32 heavy (non-hydrogen) atoms. The Morgan fingerprint density at radius 1 is 1.25 bits per heavy atom. The number of nitrogens with one attached hydrogen (secondary N) is 3. The fourth-order valence-electron chi connectivity index (χ4n) is 3.38. The van der Waals surface area contributed by atoms with Gasteiger partial charge in [-0.15, -0.1) is 0 Å². The number of ether oxygens (including phenoxy) is 3. The summed E-state index contributed by atoms with van der Waals surface area (Å²) in [5, 5.41) is 18.5. The normalized spacial score (nSPS) is 23.3. The van der Waals surface area contributed by atoms with E-state index in [2.05, 4.69) is 22.5 Å². The van der Waals surface area contributed by atoms with Gasteiger partial charge in [-0.05, 0) is 19.8 Å². The van der Waals surface area contributed by atoms with E-state index in [9.17, 15) is 19.5 Å². The predicted octanol–water partition coefficient (Wildman–Crippen LogP) is 0.427. The summed E-state index contributed by atoms with van der Waals surface area (Å²) in [6, 6.07) is 0.334. The van der Waals surface area contributed by atoms with Crippen molar-refractivity contribution < 1.29 is 33.7 Å². The lowest BCUT2D eigenvalue weighted by atomic mass is 9.93. The second kappa shape index (κ2) is 12.6. The van der Waals surface area contributed by atoms with Crippen molar-refractivity contribution in [3.05, 3.63) is 12.4 Å². The number of nitrogens with two attached hydrogens (primary N) is 1. The van der Waals surface area contributed by atoms with Crippen LogP contribution in [0.2, 0.25) is 0 Å². The van der Waals surface area contributed by atoms with Gasteiger partial charge in [0.1, 0.15) is 18.6 Å². The van der Waals surface area contributed by atoms with Gasteiger partial charge in [-0.3, -0.25) is 4.79 Å². The minimum Gasteiger partial charge on any atom is -0.463 e. The van der Waals surface area contributed by atoms with E-state index in [0.29, 0.717) is 11.7 Å². The summed E-state index contributed by atoms with van der Waals surface area (Å²) < 4.78 is 15.1. The van der Waals surface area contributed by atoms with Gasteiger partial charge in [0, 0.05) is 11.0 Å². The second-order valence-corrected chi connectivity index (χ2v) is 9.44. The van der Waals surface area contributed by atoms with Crippen LogP contribution < -0.4 is 21.7 Å². The molecule has 0 radical (unpaired) electrons. The van der Waals surface area contributed by atoms with Gasteiger partial charge >= 0.3 is 18.2 Å². The second-order valence-electron chi connectivity index (χ2n) is 8.17. The first-order chi connectivity index (χ1) is 15.2. The first kappa shape index (κ1) is 25.9. The van der Waals surface area contributed by atoms with Crippen LogP contribution >= 0.6 is 11.8 Å². The number of unbranched alkanes of at least 4 members (excludes halogenated alkanes) is 2. The summed E-state index contributed by atoms with van der Waals surface area (Å²) in [7, 11) is 0. The molecule has 182 valence electrons. The molecule has 4 atom stereocenters. The molecule has 2 fully saturated rings. The van der Waals surface area contributed by atoms with E-state index in [-0.39, 0.29) is 50.3 Å². The van der Waals surface area contributed by atoms with Crippen LogP contribution in [0, 0.1) is 5.41 Å². The number of carbonyl (C=O) groups excluding carboxylic acids is 3. The predicted molar refractivity (Wildman–Crippen MR) is 119 cm³/mol. The van der Waals surface area contributed by atoms with Crippen LogP contribution in [0.25, 0.3) is 0 Å². The van der Waals surface area contributed by atoms with Crippen molar-refractivity contribution in [1.29, 1.82) is 0 Å². The smallest absolute Gasteiger partial charge is 0.463 e. The molecule has 2 aliphatic rings. The van der Waals surface area contributed by atoms with Gasteiger partial charge in [-0.1, -0.05) is 19.4 Å². The van der Waals surface area contributed by atoms with Crippen molar-refractivity contribution in [3.63, 3.8) is 0 Å². The summed E-state index contributed by atoms with van der Waals surface area (Å²) in [6.45, 7) is 4.49. The standard InChI is InChI=1S/C20H34N4O7S/c1-13(21)22-7-9-29-17(26)20(2,11-25)12-31-19(28)30-8-5-3-4-6-15-16-14(10-32-15)23-18(27)24-16/h14-16,22,25H,1,3-12,21H2,2H3,(H2,23,24,27)/t14-,15-,16-,20?/m0/s1. The first-order valence-electron chi connectivity index (χ1n) is 10.7. The number of thioether (sulfide) groups is 1. The Hall–Kier alpha value is -2.34. The maximum absolute atomic E-state index is 12.2. The molecule has 2 heterocycles. The average molecular weight is 475 g/mol. The number of aliphatic hydroxyl groups is 1. The van der Waals surface area contributed by atoms with Crippen molar-refractivity contribution in [2.75, 3.05) is 38.7 Å². The third-order valence-electron chi connectivity index (χ3n) is 5.33. The molecule has 2 amide bonds. The van der Waals surface area contributed by atoms with Crippen LogP contribution in [0.1, 0.15) is 32.6 Å². The first-order valence-corrected chi connectivity index (χ1v) is 11.7. The fourth-order valence-corrected chi connectivity index (χ4v) is 4.93. The third-order valence-corrected chi connectivity index (χ3v) is 6.84. The van der Waals surface area contributed by atoms with Crippen molar-refractivity contribution in [3.8, 4) is 0 Å². The highest BCUT2D eigenvalue weighted by Crippen LogP contribution is 2.33. The number of hydrogen-bond donors (Lipinski definition) is 5. The molecule has 0 aromatic carbocycles. The Kier molecular flexibility index (Phi) is 10.2. The lowest BCUT2D eigenvalue weighted by molar-refractivity contribution is -0.160. The molecule has 0 bridgehead atoms. The summed E-state index contributed by atoms with van der Waals surface area (Å²) in [4.78, 5) is 35.3. The van der Waals surface area contributed by atoms with Crippen LogP contribution in [-0.4, -0.2) is 79.3 Å². The lowest BCUT2D eigenvalue weighted by Gasteiger charge is -2.24. The Morgan fingerprint density at radius 2 is 2.03 bits per heavy atom. The fraction of sp³-hybridized carbons (Fsp3) is 0.750. The monoisotopic (exact) mass is 474 g/mol. The Morgan fingerprint density at radius 3 is 2.75 bits per heavy atom. The van der Waals surface area contributed by atoms with Gasteiger partial charge in [0.25, 0.3) is 0 Å². The summed E-state index contributed by atoms with van der Waals surface area (Å²) >= 11 is 1.87. The lowest BCUT2D eigenvalue weighted by Crippen LogP contribution is -2.40. The van der Waals surface area contributed by atoms with E-state index in [1.54, 1.807) is 0 Å². The van der Waals surface area contributed by atoms with Gasteiger partial charge in [0.15, 0.2) is 0 Å². The number of carbonyl (C=O) groups is 3. The van der Waals surface area contributed by atoms with Gasteiger partial charge in [0.05, 0.1) is 37.7 Å². The topological polar surface area (TPSA) is 161 Å².